The maximum Gasteiger partial charge on any atom is 0.347 e. The molecule has 2 aliphatic carbocycles. The molecule has 0 N–H and O–H groups in total. The quantitative estimate of drug-likeness (QED) is 0.233. The largest absolute Gasteiger partial charge is 0.423 e. The molecule has 7 nitrogen and oxygen atoms in total. The molecule has 36 heavy (non-hydrogen) atoms. The first-order valence-corrected chi connectivity index (χ1v) is 11.8. The van der Waals surface area contributed by atoms with Crippen molar-refractivity contribution in [2.24, 2.45) is 23.7 Å². The van der Waals surface area contributed by atoms with Gasteiger partial charge in [-0.05, 0) is 66.8 Å². The van der Waals surface area contributed by atoms with Crippen LogP contribution < -0.4 is 14.4 Å². The predicted molar refractivity (Wildman–Crippen MR) is 129 cm³/mol. The van der Waals surface area contributed by atoms with Crippen molar-refractivity contribution >= 4 is 29.4 Å². The number of fused-ring (bicyclic) bond motifs is 5. The molecule has 2 bridgehead atoms. The molecule has 1 saturated carbocycles. The van der Waals surface area contributed by atoms with E-state index in [4.69, 9.17) is 9.47 Å². The Balaban J connectivity index is 1.17. The molecule has 0 aromatic heterocycles. The molecule has 1 heterocycles. The maximum absolute atomic E-state index is 13.0. The predicted octanol–water partition coefficient (Wildman–Crippen LogP) is 4.44. The summed E-state index contributed by atoms with van der Waals surface area (Å²) in [5.74, 6) is -1.57. The molecule has 7 heteroatoms. The van der Waals surface area contributed by atoms with Crippen LogP contribution in [0.4, 0.5) is 5.69 Å². The summed E-state index contributed by atoms with van der Waals surface area (Å²) in [5, 5.41) is 0. The number of nitrogens with zero attached hydrogens (tertiary/aromatic N) is 1. The second-order valence-corrected chi connectivity index (χ2v) is 9.15. The number of hydrogen-bond acceptors (Lipinski definition) is 6. The van der Waals surface area contributed by atoms with Gasteiger partial charge in [0.2, 0.25) is 11.8 Å². The minimum atomic E-state index is -0.681. The Bertz CT molecular complexity index is 1380. The van der Waals surface area contributed by atoms with Gasteiger partial charge < -0.3 is 9.47 Å². The highest BCUT2D eigenvalue weighted by Crippen LogP contribution is 2.53. The van der Waals surface area contributed by atoms with Crippen molar-refractivity contribution in [3.63, 3.8) is 0 Å². The minimum Gasteiger partial charge on any atom is -0.423 e. The van der Waals surface area contributed by atoms with Crippen LogP contribution in [0.3, 0.4) is 0 Å². The van der Waals surface area contributed by atoms with E-state index in [1.165, 1.54) is 29.2 Å². The SMILES string of the molecule is O=C(Oc1ccccc1C(=O)Oc1ccccc1)c1ccc(N2C(=O)[C@H]3[C@H](C2=O)[C@H]2C=C[C@H]3C2)cc1. The Labute approximate surface area is 206 Å². The van der Waals surface area contributed by atoms with Crippen LogP contribution in [0.5, 0.6) is 11.5 Å². The number of para-hydroxylation sites is 2. The van der Waals surface area contributed by atoms with E-state index >= 15 is 0 Å². The average Bonchev–Trinajstić information content (AvgIpc) is 3.58. The standard InChI is InChI=1S/C29H21NO6/c31-26-24-18-10-11-19(16-18)25(24)27(32)30(26)20-14-12-17(13-15-20)28(33)36-23-9-5-4-8-22(23)29(34)35-21-6-2-1-3-7-21/h1-15,18-19,24-25H,16H2/t18-,19-,24+,25+/m0/s1. The summed E-state index contributed by atoms with van der Waals surface area (Å²) in [4.78, 5) is 52.8. The van der Waals surface area contributed by atoms with Crippen LogP contribution in [0.1, 0.15) is 27.1 Å². The Morgan fingerprint density at radius 1 is 0.694 bits per heavy atom. The van der Waals surface area contributed by atoms with E-state index in [9.17, 15) is 19.2 Å². The molecule has 3 aromatic rings. The molecular weight excluding hydrogens is 458 g/mol. The lowest BCUT2D eigenvalue weighted by atomic mass is 9.85. The number of benzene rings is 3. The summed E-state index contributed by atoms with van der Waals surface area (Å²) in [6.07, 6.45) is 4.96. The normalized spacial score (nSPS) is 23.6. The number of carbonyl (C=O) groups excluding carboxylic acids is 4. The molecule has 3 aromatic carbocycles. The molecule has 0 radical (unpaired) electrons. The fourth-order valence-corrected chi connectivity index (χ4v) is 5.44. The van der Waals surface area contributed by atoms with E-state index < -0.39 is 11.9 Å². The topological polar surface area (TPSA) is 90.0 Å². The van der Waals surface area contributed by atoms with Crippen LogP contribution in [0.2, 0.25) is 0 Å². The first kappa shape index (κ1) is 22.0. The molecule has 0 unspecified atom stereocenters. The second-order valence-electron chi connectivity index (χ2n) is 9.15. The Kier molecular flexibility index (Phi) is 5.25. The third kappa shape index (κ3) is 3.60. The summed E-state index contributed by atoms with van der Waals surface area (Å²) >= 11 is 0. The van der Waals surface area contributed by atoms with Gasteiger partial charge in [0.05, 0.1) is 23.1 Å². The smallest absolute Gasteiger partial charge is 0.347 e. The van der Waals surface area contributed by atoms with Crippen molar-refractivity contribution < 1.29 is 28.7 Å². The Hall–Kier alpha value is -4.52. The van der Waals surface area contributed by atoms with Gasteiger partial charge in [0.1, 0.15) is 17.1 Å². The Morgan fingerprint density at radius 2 is 1.31 bits per heavy atom. The van der Waals surface area contributed by atoms with Crippen molar-refractivity contribution in [2.45, 2.75) is 6.42 Å². The van der Waals surface area contributed by atoms with Crippen molar-refractivity contribution in [3.8, 4) is 11.5 Å². The molecule has 1 saturated heterocycles. The number of amides is 2. The highest BCUT2D eigenvalue weighted by Gasteiger charge is 2.59. The van der Waals surface area contributed by atoms with Crippen LogP contribution in [0.25, 0.3) is 0 Å². The maximum atomic E-state index is 13.0. The lowest BCUT2D eigenvalue weighted by Gasteiger charge is -2.17. The van der Waals surface area contributed by atoms with Crippen LogP contribution in [0, 0.1) is 23.7 Å². The van der Waals surface area contributed by atoms with Gasteiger partial charge in [-0.25, -0.2) is 9.59 Å². The van der Waals surface area contributed by atoms with E-state index in [1.807, 2.05) is 12.2 Å². The summed E-state index contributed by atoms with van der Waals surface area (Å²) in [5.41, 5.74) is 0.752. The van der Waals surface area contributed by atoms with E-state index in [2.05, 4.69) is 0 Å². The van der Waals surface area contributed by atoms with E-state index in [1.54, 1.807) is 54.6 Å². The number of anilines is 1. The summed E-state index contributed by atoms with van der Waals surface area (Å²) in [6.45, 7) is 0. The molecule has 2 amide bonds. The zero-order chi connectivity index (χ0) is 24.8. The summed E-state index contributed by atoms with van der Waals surface area (Å²) in [7, 11) is 0. The van der Waals surface area contributed by atoms with Gasteiger partial charge in [-0.2, -0.15) is 0 Å². The highest BCUT2D eigenvalue weighted by molar-refractivity contribution is 6.22. The fraction of sp³-hybridized carbons (Fsp3) is 0.172. The number of allylic oxidation sites excluding steroid dienone is 2. The van der Waals surface area contributed by atoms with Crippen LogP contribution in [-0.4, -0.2) is 23.8 Å². The number of esters is 2. The van der Waals surface area contributed by atoms with Crippen LogP contribution in [-0.2, 0) is 9.59 Å². The van der Waals surface area contributed by atoms with Crippen molar-refractivity contribution in [3.05, 3.63) is 102 Å². The monoisotopic (exact) mass is 479 g/mol. The van der Waals surface area contributed by atoms with Gasteiger partial charge in [-0.15, -0.1) is 0 Å². The van der Waals surface area contributed by atoms with Gasteiger partial charge in [0.25, 0.3) is 0 Å². The number of hydrogen-bond donors (Lipinski definition) is 0. The number of rotatable bonds is 5. The van der Waals surface area contributed by atoms with Gasteiger partial charge in [-0.1, -0.05) is 42.5 Å². The molecular formula is C29H21NO6. The van der Waals surface area contributed by atoms with Crippen molar-refractivity contribution in [1.82, 2.24) is 0 Å². The average molecular weight is 479 g/mol. The Morgan fingerprint density at radius 3 is 1.97 bits per heavy atom. The van der Waals surface area contributed by atoms with Crippen LogP contribution in [0.15, 0.2) is 91.0 Å². The number of carbonyl (C=O) groups is 4. The molecule has 4 atom stereocenters. The second kappa shape index (κ2) is 8.61. The first-order valence-electron chi connectivity index (χ1n) is 11.8. The first-order chi connectivity index (χ1) is 17.5. The number of imide groups is 1. The van der Waals surface area contributed by atoms with Crippen molar-refractivity contribution in [1.29, 1.82) is 0 Å². The minimum absolute atomic E-state index is 0.0632. The van der Waals surface area contributed by atoms with Crippen molar-refractivity contribution in [2.75, 3.05) is 4.90 Å². The van der Waals surface area contributed by atoms with E-state index in [0.717, 1.165) is 6.42 Å². The molecule has 1 aliphatic heterocycles. The van der Waals surface area contributed by atoms with Gasteiger partial charge in [-0.3, -0.25) is 14.5 Å². The van der Waals surface area contributed by atoms with E-state index in [0.29, 0.717) is 11.4 Å². The fourth-order valence-electron chi connectivity index (χ4n) is 5.44. The summed E-state index contributed by atoms with van der Waals surface area (Å²) in [6, 6.07) is 21.1. The third-order valence-electron chi connectivity index (χ3n) is 7.09. The molecule has 0 spiro atoms. The van der Waals surface area contributed by atoms with Gasteiger partial charge in [0, 0.05) is 0 Å². The lowest BCUT2D eigenvalue weighted by Crippen LogP contribution is -2.32. The lowest BCUT2D eigenvalue weighted by molar-refractivity contribution is -0.123. The third-order valence-corrected chi connectivity index (χ3v) is 7.09. The summed E-state index contributed by atoms with van der Waals surface area (Å²) < 4.78 is 10.9. The molecule has 2 fully saturated rings. The highest BCUT2D eigenvalue weighted by atomic mass is 16.5. The number of ether oxygens (including phenoxy) is 2. The molecule has 3 aliphatic rings. The van der Waals surface area contributed by atoms with Crippen LogP contribution >= 0.6 is 0 Å². The van der Waals surface area contributed by atoms with Gasteiger partial charge >= 0.3 is 11.9 Å². The molecule has 178 valence electrons. The van der Waals surface area contributed by atoms with E-state index in [-0.39, 0.29) is 52.4 Å². The zero-order valence-corrected chi connectivity index (χ0v) is 19.1. The molecule has 6 rings (SSSR count). The van der Waals surface area contributed by atoms with Gasteiger partial charge in [0.15, 0.2) is 0 Å². The zero-order valence-electron chi connectivity index (χ0n) is 19.1.